The van der Waals surface area contributed by atoms with Crippen LogP contribution in [-0.2, 0) is 4.79 Å². The van der Waals surface area contributed by atoms with E-state index in [1.165, 1.54) is 29.6 Å². The molecule has 0 saturated heterocycles. The topological polar surface area (TPSA) is 85.1 Å². The van der Waals surface area contributed by atoms with Crippen LogP contribution in [0.3, 0.4) is 0 Å². The number of amides is 1. The molecular formula is C19H15N3O3S. The second-order valence-electron chi connectivity index (χ2n) is 5.44. The number of hydrogen-bond acceptors (Lipinski definition) is 5. The van der Waals surface area contributed by atoms with E-state index in [-0.39, 0.29) is 5.69 Å². The van der Waals surface area contributed by atoms with E-state index >= 15 is 0 Å². The molecule has 0 fully saturated rings. The Kier molecular flexibility index (Phi) is 5.19. The van der Waals surface area contributed by atoms with E-state index in [1.54, 1.807) is 18.2 Å². The molecule has 6 nitrogen and oxygen atoms in total. The Morgan fingerprint density at radius 2 is 1.85 bits per heavy atom. The molecule has 3 rings (SSSR count). The molecule has 2 aromatic carbocycles. The highest BCUT2D eigenvalue weighted by atomic mass is 32.1. The van der Waals surface area contributed by atoms with E-state index < -0.39 is 10.8 Å². The zero-order valence-electron chi connectivity index (χ0n) is 13.9. The van der Waals surface area contributed by atoms with Gasteiger partial charge in [-0.2, -0.15) is 0 Å². The van der Waals surface area contributed by atoms with Crippen LogP contribution < -0.4 is 5.32 Å². The van der Waals surface area contributed by atoms with Crippen molar-refractivity contribution in [3.8, 4) is 10.4 Å². The Hall–Kier alpha value is -3.32. The third kappa shape index (κ3) is 4.01. The van der Waals surface area contributed by atoms with Gasteiger partial charge < -0.3 is 0 Å². The zero-order chi connectivity index (χ0) is 18.5. The zero-order valence-corrected chi connectivity index (χ0v) is 14.7. The van der Waals surface area contributed by atoms with Crippen molar-refractivity contribution >= 4 is 34.1 Å². The van der Waals surface area contributed by atoms with E-state index in [9.17, 15) is 14.9 Å². The third-order valence-electron chi connectivity index (χ3n) is 3.61. The first-order chi connectivity index (χ1) is 12.5. The van der Waals surface area contributed by atoms with Gasteiger partial charge in [-0.05, 0) is 24.6 Å². The third-order valence-corrected chi connectivity index (χ3v) is 4.73. The van der Waals surface area contributed by atoms with Crippen LogP contribution in [0.2, 0.25) is 0 Å². The Labute approximate surface area is 154 Å². The quantitative estimate of drug-likeness (QED) is 0.404. The number of nitro groups is 1. The maximum Gasteiger partial charge on any atom is 0.276 e. The van der Waals surface area contributed by atoms with E-state index in [2.05, 4.69) is 10.3 Å². The number of nitro benzene ring substituents is 1. The van der Waals surface area contributed by atoms with Gasteiger partial charge in [0.05, 0.1) is 21.1 Å². The molecule has 1 amide bonds. The van der Waals surface area contributed by atoms with Crippen molar-refractivity contribution in [2.45, 2.75) is 6.92 Å². The molecule has 0 unspecified atom stereocenters. The summed E-state index contributed by atoms with van der Waals surface area (Å²) in [5, 5.41) is 14.2. The van der Waals surface area contributed by atoms with Gasteiger partial charge in [0.15, 0.2) is 5.13 Å². The number of benzene rings is 2. The summed E-state index contributed by atoms with van der Waals surface area (Å²) in [6.07, 6.45) is 2.69. The monoisotopic (exact) mass is 365 g/mol. The van der Waals surface area contributed by atoms with Gasteiger partial charge in [0.2, 0.25) is 5.91 Å². The van der Waals surface area contributed by atoms with Crippen molar-refractivity contribution in [3.05, 3.63) is 82.0 Å². The Morgan fingerprint density at radius 3 is 2.58 bits per heavy atom. The number of thiazole rings is 1. The van der Waals surface area contributed by atoms with E-state index in [0.29, 0.717) is 10.7 Å². The van der Waals surface area contributed by atoms with Crippen molar-refractivity contribution in [2.75, 3.05) is 5.32 Å². The lowest BCUT2D eigenvalue weighted by Crippen LogP contribution is -2.07. The molecule has 0 aliphatic rings. The molecule has 0 radical (unpaired) electrons. The second kappa shape index (κ2) is 7.71. The molecular weight excluding hydrogens is 350 g/mol. The number of carbonyl (C=O) groups excluding carboxylic acids is 1. The van der Waals surface area contributed by atoms with Crippen LogP contribution in [0.1, 0.15) is 11.3 Å². The standard InChI is InChI=1S/C19H15N3O3S/c1-13-18(15-8-3-2-4-9-15)26-19(20-13)21-17(23)12-11-14-7-5-6-10-16(14)22(24)25/h2-12H,1H3,(H,20,21,23)/b12-11+. The Bertz CT molecular complexity index is 981. The van der Waals surface area contributed by atoms with Crippen molar-refractivity contribution in [2.24, 2.45) is 0 Å². The lowest BCUT2D eigenvalue weighted by atomic mass is 10.1. The Balaban J connectivity index is 1.74. The minimum atomic E-state index is -0.478. The average molecular weight is 365 g/mol. The summed E-state index contributed by atoms with van der Waals surface area (Å²) < 4.78 is 0. The molecule has 0 aliphatic heterocycles. The summed E-state index contributed by atoms with van der Waals surface area (Å²) in [6.45, 7) is 1.89. The van der Waals surface area contributed by atoms with Gasteiger partial charge in [0.25, 0.3) is 5.69 Å². The largest absolute Gasteiger partial charge is 0.298 e. The number of nitrogens with one attached hydrogen (secondary N) is 1. The van der Waals surface area contributed by atoms with Crippen LogP contribution in [0.4, 0.5) is 10.8 Å². The van der Waals surface area contributed by atoms with Crippen LogP contribution in [0, 0.1) is 17.0 Å². The van der Waals surface area contributed by atoms with Gasteiger partial charge in [0, 0.05) is 12.1 Å². The second-order valence-corrected chi connectivity index (χ2v) is 6.44. The molecule has 7 heteroatoms. The van der Waals surface area contributed by atoms with E-state index in [1.807, 2.05) is 37.3 Å². The number of hydrogen-bond donors (Lipinski definition) is 1. The number of nitrogens with zero attached hydrogens (tertiary/aromatic N) is 2. The fraction of sp³-hybridized carbons (Fsp3) is 0.0526. The van der Waals surface area contributed by atoms with E-state index in [4.69, 9.17) is 0 Å². The molecule has 0 aliphatic carbocycles. The van der Waals surface area contributed by atoms with Gasteiger partial charge >= 0.3 is 0 Å². The number of carbonyl (C=O) groups is 1. The number of aryl methyl sites for hydroxylation is 1. The summed E-state index contributed by atoms with van der Waals surface area (Å²) in [5.41, 5.74) is 2.19. The average Bonchev–Trinajstić information content (AvgIpc) is 3.01. The number of aromatic nitrogens is 1. The van der Waals surface area contributed by atoms with Gasteiger partial charge in [-0.15, -0.1) is 0 Å². The van der Waals surface area contributed by atoms with E-state index in [0.717, 1.165) is 16.1 Å². The molecule has 0 saturated carbocycles. The highest BCUT2D eigenvalue weighted by Gasteiger charge is 2.12. The van der Waals surface area contributed by atoms with Crippen LogP contribution in [0.5, 0.6) is 0 Å². The lowest BCUT2D eigenvalue weighted by molar-refractivity contribution is -0.385. The van der Waals surface area contributed by atoms with Crippen LogP contribution in [-0.4, -0.2) is 15.8 Å². The summed E-state index contributed by atoms with van der Waals surface area (Å²) in [5.74, 6) is -0.392. The fourth-order valence-corrected chi connectivity index (χ4v) is 3.39. The Morgan fingerprint density at radius 1 is 1.15 bits per heavy atom. The van der Waals surface area contributed by atoms with Crippen LogP contribution >= 0.6 is 11.3 Å². The van der Waals surface area contributed by atoms with Gasteiger partial charge in [-0.3, -0.25) is 20.2 Å². The molecule has 26 heavy (non-hydrogen) atoms. The molecule has 0 bridgehead atoms. The van der Waals surface area contributed by atoms with Crippen molar-refractivity contribution in [1.82, 2.24) is 4.98 Å². The first-order valence-electron chi connectivity index (χ1n) is 7.80. The first-order valence-corrected chi connectivity index (χ1v) is 8.61. The van der Waals surface area contributed by atoms with Gasteiger partial charge in [0.1, 0.15) is 0 Å². The molecule has 3 aromatic rings. The lowest BCUT2D eigenvalue weighted by Gasteiger charge is -1.98. The smallest absolute Gasteiger partial charge is 0.276 e. The number of rotatable bonds is 5. The predicted octanol–water partition coefficient (Wildman–Crippen LogP) is 4.68. The van der Waals surface area contributed by atoms with Crippen LogP contribution in [0.15, 0.2) is 60.7 Å². The molecule has 0 spiro atoms. The summed E-state index contributed by atoms with van der Waals surface area (Å²) >= 11 is 1.39. The minimum absolute atomic E-state index is 0.0481. The maximum atomic E-state index is 12.1. The fourth-order valence-electron chi connectivity index (χ4n) is 2.41. The van der Waals surface area contributed by atoms with Crippen molar-refractivity contribution < 1.29 is 9.72 Å². The molecule has 1 N–H and O–H groups in total. The SMILES string of the molecule is Cc1nc(NC(=O)/C=C/c2ccccc2[N+](=O)[O-])sc1-c1ccccc1. The number of para-hydroxylation sites is 1. The molecule has 0 atom stereocenters. The summed E-state index contributed by atoms with van der Waals surface area (Å²) in [4.78, 5) is 28.0. The summed E-state index contributed by atoms with van der Waals surface area (Å²) in [7, 11) is 0. The highest BCUT2D eigenvalue weighted by Crippen LogP contribution is 2.32. The molecule has 1 heterocycles. The van der Waals surface area contributed by atoms with Gasteiger partial charge in [-0.25, -0.2) is 4.98 Å². The van der Waals surface area contributed by atoms with Gasteiger partial charge in [-0.1, -0.05) is 53.8 Å². The molecule has 1 aromatic heterocycles. The van der Waals surface area contributed by atoms with Crippen molar-refractivity contribution in [3.63, 3.8) is 0 Å². The normalized spacial score (nSPS) is 10.8. The highest BCUT2D eigenvalue weighted by molar-refractivity contribution is 7.19. The van der Waals surface area contributed by atoms with Crippen LogP contribution in [0.25, 0.3) is 16.5 Å². The molecule has 130 valence electrons. The maximum absolute atomic E-state index is 12.1. The summed E-state index contributed by atoms with van der Waals surface area (Å²) in [6, 6.07) is 16.1. The minimum Gasteiger partial charge on any atom is -0.298 e. The van der Waals surface area contributed by atoms with Crippen molar-refractivity contribution in [1.29, 1.82) is 0 Å². The number of anilines is 1. The predicted molar refractivity (Wildman–Crippen MR) is 103 cm³/mol. The first kappa shape index (κ1) is 17.5.